The van der Waals surface area contributed by atoms with Crippen LogP contribution in [0.2, 0.25) is 0 Å². The van der Waals surface area contributed by atoms with Crippen LogP contribution in [-0.4, -0.2) is 23.8 Å². The van der Waals surface area contributed by atoms with E-state index in [1.54, 1.807) is 0 Å². The van der Waals surface area contributed by atoms with Crippen LogP contribution in [-0.2, 0) is 4.74 Å². The summed E-state index contributed by atoms with van der Waals surface area (Å²) in [6.45, 7) is 10.2. The first kappa shape index (κ1) is 17.3. The number of rotatable bonds is 4. The smallest absolute Gasteiger partial charge is 0.0810 e. The maximum Gasteiger partial charge on any atom is 0.0810 e. The Morgan fingerprint density at radius 2 is 1.67 bits per heavy atom. The molecule has 2 unspecified atom stereocenters. The van der Waals surface area contributed by atoms with Gasteiger partial charge in [0.05, 0.1) is 11.7 Å². The summed E-state index contributed by atoms with van der Waals surface area (Å²) >= 11 is 0. The Hall–Kier alpha value is -0.0800. The van der Waals surface area contributed by atoms with Crippen molar-refractivity contribution in [3.63, 3.8) is 0 Å². The summed E-state index contributed by atoms with van der Waals surface area (Å²) in [7, 11) is 0. The molecule has 0 heterocycles. The Labute approximate surface area is 132 Å². The highest BCUT2D eigenvalue weighted by molar-refractivity contribution is 4.90. The highest BCUT2D eigenvalue weighted by Crippen LogP contribution is 2.36. The summed E-state index contributed by atoms with van der Waals surface area (Å²) < 4.78 is 6.80. The van der Waals surface area contributed by atoms with E-state index in [2.05, 4.69) is 33.0 Å². The van der Waals surface area contributed by atoms with Crippen molar-refractivity contribution in [2.75, 3.05) is 6.54 Å². The zero-order valence-corrected chi connectivity index (χ0v) is 14.8. The van der Waals surface area contributed by atoms with Gasteiger partial charge in [-0.1, -0.05) is 45.4 Å². The maximum absolute atomic E-state index is 6.80. The number of hydrogen-bond donors (Lipinski definition) is 1. The van der Waals surface area contributed by atoms with Gasteiger partial charge in [-0.15, -0.1) is 0 Å². The number of nitrogens with one attached hydrogen (secondary N) is 1. The van der Waals surface area contributed by atoms with Crippen molar-refractivity contribution in [1.29, 1.82) is 0 Å². The normalized spacial score (nSPS) is 30.9. The molecule has 1 N–H and O–H groups in total. The Bertz CT molecular complexity index is 299. The van der Waals surface area contributed by atoms with E-state index in [0.717, 1.165) is 12.5 Å². The molecule has 0 aliphatic heterocycles. The zero-order chi connectivity index (χ0) is 15.3. The van der Waals surface area contributed by atoms with Crippen molar-refractivity contribution in [2.24, 2.45) is 5.92 Å². The molecule has 2 aliphatic rings. The van der Waals surface area contributed by atoms with Crippen LogP contribution in [0.4, 0.5) is 0 Å². The van der Waals surface area contributed by atoms with Crippen LogP contribution in [0.25, 0.3) is 0 Å². The summed E-state index contributed by atoms with van der Waals surface area (Å²) in [5, 5.41) is 3.74. The molecule has 2 saturated carbocycles. The van der Waals surface area contributed by atoms with E-state index in [4.69, 9.17) is 4.74 Å². The van der Waals surface area contributed by atoms with Crippen LogP contribution in [0.15, 0.2) is 0 Å². The van der Waals surface area contributed by atoms with E-state index in [1.165, 1.54) is 64.2 Å². The Kier molecular flexibility index (Phi) is 6.14. The van der Waals surface area contributed by atoms with Gasteiger partial charge < -0.3 is 10.1 Å². The van der Waals surface area contributed by atoms with Crippen molar-refractivity contribution < 1.29 is 4.74 Å². The van der Waals surface area contributed by atoms with E-state index in [-0.39, 0.29) is 11.1 Å². The monoisotopic (exact) mass is 295 g/mol. The molecule has 0 bridgehead atoms. The molecule has 2 nitrogen and oxygen atoms in total. The molecule has 0 radical (unpaired) electrons. The Balaban J connectivity index is 1.99. The van der Waals surface area contributed by atoms with E-state index < -0.39 is 0 Å². The average molecular weight is 296 g/mol. The van der Waals surface area contributed by atoms with E-state index in [0.29, 0.717) is 6.10 Å². The van der Waals surface area contributed by atoms with Gasteiger partial charge in [0.2, 0.25) is 0 Å². The van der Waals surface area contributed by atoms with E-state index >= 15 is 0 Å². The minimum atomic E-state index is 0.103. The van der Waals surface area contributed by atoms with Gasteiger partial charge in [0.15, 0.2) is 0 Å². The standard InChI is InChI=1S/C19H37NO/c1-16-10-9-11-17(14-16)21-19(15-20-18(2,3)4)12-7-5-6-8-13-19/h16-17,20H,5-15H2,1-4H3. The minimum absolute atomic E-state index is 0.103. The first-order valence-corrected chi connectivity index (χ1v) is 9.31. The van der Waals surface area contributed by atoms with Crippen LogP contribution >= 0.6 is 0 Å². The van der Waals surface area contributed by atoms with Gasteiger partial charge >= 0.3 is 0 Å². The Morgan fingerprint density at radius 3 is 2.24 bits per heavy atom. The van der Waals surface area contributed by atoms with Gasteiger partial charge in [-0.2, -0.15) is 0 Å². The second-order valence-corrected chi connectivity index (χ2v) is 8.71. The fourth-order valence-corrected chi connectivity index (χ4v) is 3.97. The van der Waals surface area contributed by atoms with Crippen molar-refractivity contribution >= 4 is 0 Å². The molecule has 0 aromatic rings. The van der Waals surface area contributed by atoms with Crippen molar-refractivity contribution in [3.05, 3.63) is 0 Å². The van der Waals surface area contributed by atoms with Gasteiger partial charge in [0.25, 0.3) is 0 Å². The van der Waals surface area contributed by atoms with Crippen molar-refractivity contribution in [2.45, 2.75) is 109 Å². The molecular weight excluding hydrogens is 258 g/mol. The third-order valence-corrected chi connectivity index (χ3v) is 5.26. The molecule has 0 saturated heterocycles. The Morgan fingerprint density at radius 1 is 1.00 bits per heavy atom. The lowest BCUT2D eigenvalue weighted by Crippen LogP contribution is -2.50. The lowest BCUT2D eigenvalue weighted by Gasteiger charge is -2.41. The minimum Gasteiger partial charge on any atom is -0.370 e. The second kappa shape index (κ2) is 7.46. The lowest BCUT2D eigenvalue weighted by atomic mass is 9.86. The molecule has 2 atom stereocenters. The van der Waals surface area contributed by atoms with Crippen LogP contribution in [0, 0.1) is 5.92 Å². The summed E-state index contributed by atoms with van der Waals surface area (Å²) in [6, 6.07) is 0. The predicted octanol–water partition coefficient (Wildman–Crippen LogP) is 5.06. The van der Waals surface area contributed by atoms with Crippen LogP contribution in [0.3, 0.4) is 0 Å². The molecule has 0 aromatic heterocycles. The molecule has 124 valence electrons. The van der Waals surface area contributed by atoms with Gasteiger partial charge in [-0.25, -0.2) is 0 Å². The van der Waals surface area contributed by atoms with Crippen LogP contribution in [0.1, 0.15) is 91.9 Å². The molecule has 0 spiro atoms. The molecule has 2 heteroatoms. The lowest BCUT2D eigenvalue weighted by molar-refractivity contribution is -0.119. The third-order valence-electron chi connectivity index (χ3n) is 5.26. The highest BCUT2D eigenvalue weighted by atomic mass is 16.5. The fourth-order valence-electron chi connectivity index (χ4n) is 3.97. The number of hydrogen-bond acceptors (Lipinski definition) is 2. The maximum atomic E-state index is 6.80. The molecular formula is C19H37NO. The predicted molar refractivity (Wildman–Crippen MR) is 90.7 cm³/mol. The summed E-state index contributed by atoms with van der Waals surface area (Å²) in [5.41, 5.74) is 0.286. The van der Waals surface area contributed by atoms with Gasteiger partial charge in [0.1, 0.15) is 0 Å². The molecule has 0 amide bonds. The quantitative estimate of drug-likeness (QED) is 0.732. The van der Waals surface area contributed by atoms with E-state index in [9.17, 15) is 0 Å². The SMILES string of the molecule is CC1CCCC(OC2(CNC(C)(C)C)CCCCCC2)C1. The van der Waals surface area contributed by atoms with E-state index in [1.807, 2.05) is 0 Å². The fraction of sp³-hybridized carbons (Fsp3) is 1.00. The summed E-state index contributed by atoms with van der Waals surface area (Å²) in [5.74, 6) is 0.849. The zero-order valence-electron chi connectivity index (χ0n) is 14.8. The highest BCUT2D eigenvalue weighted by Gasteiger charge is 2.36. The molecule has 2 rings (SSSR count). The summed E-state index contributed by atoms with van der Waals surface area (Å²) in [6.07, 6.45) is 13.8. The topological polar surface area (TPSA) is 21.3 Å². The largest absolute Gasteiger partial charge is 0.370 e. The number of ether oxygens (including phenoxy) is 1. The van der Waals surface area contributed by atoms with Crippen LogP contribution in [0.5, 0.6) is 0 Å². The molecule has 2 fully saturated rings. The van der Waals surface area contributed by atoms with Gasteiger partial charge in [-0.05, 0) is 52.4 Å². The molecule has 0 aromatic carbocycles. The average Bonchev–Trinajstić information content (AvgIpc) is 2.62. The molecule has 2 aliphatic carbocycles. The first-order valence-electron chi connectivity index (χ1n) is 9.31. The molecule has 21 heavy (non-hydrogen) atoms. The third kappa shape index (κ3) is 5.90. The van der Waals surface area contributed by atoms with Gasteiger partial charge in [-0.3, -0.25) is 0 Å². The van der Waals surface area contributed by atoms with Gasteiger partial charge in [0, 0.05) is 12.1 Å². The summed E-state index contributed by atoms with van der Waals surface area (Å²) in [4.78, 5) is 0. The van der Waals surface area contributed by atoms with Crippen LogP contribution < -0.4 is 5.32 Å². The van der Waals surface area contributed by atoms with Crippen molar-refractivity contribution in [3.8, 4) is 0 Å². The first-order chi connectivity index (χ1) is 9.89. The van der Waals surface area contributed by atoms with Crippen molar-refractivity contribution in [1.82, 2.24) is 5.32 Å². The second-order valence-electron chi connectivity index (χ2n) is 8.71.